The van der Waals surface area contributed by atoms with Crippen LogP contribution in [0.1, 0.15) is 49.7 Å². The van der Waals surface area contributed by atoms with Crippen LogP contribution in [0.2, 0.25) is 0 Å². The van der Waals surface area contributed by atoms with Crippen molar-refractivity contribution in [3.63, 3.8) is 0 Å². The van der Waals surface area contributed by atoms with Crippen LogP contribution in [-0.2, 0) is 26.0 Å². The van der Waals surface area contributed by atoms with Crippen molar-refractivity contribution in [2.24, 2.45) is 11.3 Å². The third kappa shape index (κ3) is 6.34. The Hall–Kier alpha value is -2.42. The van der Waals surface area contributed by atoms with E-state index in [-0.39, 0.29) is 29.6 Å². The summed E-state index contributed by atoms with van der Waals surface area (Å²) in [4.78, 5) is 32.8. The van der Waals surface area contributed by atoms with Gasteiger partial charge < -0.3 is 14.7 Å². The average molecular weight is 574 g/mol. The molecule has 0 radical (unpaired) electrons. The van der Waals surface area contributed by atoms with Crippen molar-refractivity contribution in [1.29, 1.82) is 0 Å². The Bertz CT molecular complexity index is 1260. The fourth-order valence-electron chi connectivity index (χ4n) is 6.63. The highest BCUT2D eigenvalue weighted by atomic mass is 35.5. The summed E-state index contributed by atoms with van der Waals surface area (Å²) < 4.78 is 23.5. The molecule has 3 saturated heterocycles. The molecular formula is C30H40ClN3O4S. The molecule has 39 heavy (non-hydrogen) atoms. The molecule has 5 rings (SSSR count). The lowest BCUT2D eigenvalue weighted by Crippen LogP contribution is -2.46. The van der Waals surface area contributed by atoms with Crippen LogP contribution in [0.3, 0.4) is 0 Å². The molecule has 3 aliphatic rings. The number of halogens is 1. The van der Waals surface area contributed by atoms with Gasteiger partial charge >= 0.3 is 0 Å². The van der Waals surface area contributed by atoms with Gasteiger partial charge in [-0.3, -0.25) is 9.59 Å². The molecule has 2 aromatic rings. The number of carbonyl (C=O) groups is 2. The molecule has 7 nitrogen and oxygen atoms in total. The molecule has 2 unspecified atom stereocenters. The zero-order chi connectivity index (χ0) is 26.9. The quantitative estimate of drug-likeness (QED) is 0.501. The van der Waals surface area contributed by atoms with Crippen molar-refractivity contribution in [3.05, 3.63) is 65.7 Å². The first kappa shape index (κ1) is 29.6. The van der Waals surface area contributed by atoms with E-state index in [1.807, 2.05) is 34.9 Å². The lowest BCUT2D eigenvalue weighted by atomic mass is 9.76. The highest BCUT2D eigenvalue weighted by Gasteiger charge is 2.48. The molecule has 2 aromatic carbocycles. The van der Waals surface area contributed by atoms with Crippen molar-refractivity contribution >= 4 is 34.1 Å². The van der Waals surface area contributed by atoms with Gasteiger partial charge in [-0.15, -0.1) is 12.4 Å². The average Bonchev–Trinajstić information content (AvgIpc) is 3.47. The van der Waals surface area contributed by atoms with Crippen LogP contribution in [0.25, 0.3) is 0 Å². The summed E-state index contributed by atoms with van der Waals surface area (Å²) in [6.45, 7) is 7.56. The minimum atomic E-state index is -3.23. The Balaban J connectivity index is 0.00000353. The Kier molecular flexibility index (Phi) is 9.08. The van der Waals surface area contributed by atoms with Crippen LogP contribution in [0.4, 0.5) is 0 Å². The first-order chi connectivity index (χ1) is 18.2. The van der Waals surface area contributed by atoms with Gasteiger partial charge in [0.1, 0.15) is 0 Å². The van der Waals surface area contributed by atoms with Crippen LogP contribution in [0.15, 0.2) is 59.5 Å². The Labute approximate surface area is 238 Å². The molecule has 212 valence electrons. The summed E-state index contributed by atoms with van der Waals surface area (Å²) in [5, 5.41) is 0. The van der Waals surface area contributed by atoms with E-state index in [2.05, 4.69) is 29.2 Å². The highest BCUT2D eigenvalue weighted by molar-refractivity contribution is 7.90. The van der Waals surface area contributed by atoms with Gasteiger partial charge in [0.15, 0.2) is 9.84 Å². The number of carbonyl (C=O) groups excluding carboxylic acids is 2. The van der Waals surface area contributed by atoms with E-state index < -0.39 is 9.84 Å². The highest BCUT2D eigenvalue weighted by Crippen LogP contribution is 2.43. The normalized spacial score (nSPS) is 23.3. The summed E-state index contributed by atoms with van der Waals surface area (Å²) >= 11 is 0. The molecule has 0 aromatic heterocycles. The molecule has 3 aliphatic heterocycles. The Morgan fingerprint density at radius 3 is 2.21 bits per heavy atom. The van der Waals surface area contributed by atoms with E-state index in [0.29, 0.717) is 29.7 Å². The summed E-state index contributed by atoms with van der Waals surface area (Å²) in [6, 6.07) is 17.5. The third-order valence-electron chi connectivity index (χ3n) is 8.96. The summed E-state index contributed by atoms with van der Waals surface area (Å²) in [7, 11) is -3.23. The van der Waals surface area contributed by atoms with Crippen molar-refractivity contribution in [2.75, 3.05) is 45.5 Å². The number of hydrogen-bond donors (Lipinski definition) is 0. The number of sulfone groups is 1. The molecule has 2 amide bonds. The number of rotatable bonds is 7. The third-order valence-corrected chi connectivity index (χ3v) is 10.1. The Morgan fingerprint density at radius 2 is 1.59 bits per heavy atom. The van der Waals surface area contributed by atoms with E-state index in [1.165, 1.54) is 11.8 Å². The van der Waals surface area contributed by atoms with Crippen LogP contribution in [0.5, 0.6) is 0 Å². The minimum absolute atomic E-state index is 0. The molecule has 3 fully saturated rings. The predicted molar refractivity (Wildman–Crippen MR) is 154 cm³/mol. The topological polar surface area (TPSA) is 78.0 Å². The molecule has 0 N–H and O–H groups in total. The summed E-state index contributed by atoms with van der Waals surface area (Å²) in [5.41, 5.74) is 1.99. The summed E-state index contributed by atoms with van der Waals surface area (Å²) in [5.74, 6) is 1.22. The zero-order valence-electron chi connectivity index (χ0n) is 22.9. The van der Waals surface area contributed by atoms with E-state index in [9.17, 15) is 18.0 Å². The molecule has 0 aliphatic carbocycles. The molecule has 2 atom stereocenters. The van der Waals surface area contributed by atoms with Gasteiger partial charge in [-0.1, -0.05) is 49.4 Å². The van der Waals surface area contributed by atoms with Gasteiger partial charge in [-0.05, 0) is 61.5 Å². The van der Waals surface area contributed by atoms with Gasteiger partial charge in [-0.2, -0.15) is 0 Å². The van der Waals surface area contributed by atoms with E-state index >= 15 is 0 Å². The molecule has 0 bridgehead atoms. The van der Waals surface area contributed by atoms with E-state index in [1.54, 1.807) is 12.1 Å². The van der Waals surface area contributed by atoms with Gasteiger partial charge in [0, 0.05) is 51.3 Å². The molecule has 0 saturated carbocycles. The maximum Gasteiger partial charge on any atom is 0.229 e. The standard InChI is InChI=1S/C30H39N3O4S.ClH/c1-3-28(34)33-21-25(27(22-33)24-7-5-4-6-8-24)20-31-16-13-30(14-17-31)15-18-32(29(30)35)19-23-9-11-26(12-10-23)38(2,36)37;/h4-12,25,27H,3,13-22H2,1-2H3;1H. The lowest BCUT2D eigenvalue weighted by Gasteiger charge is -2.39. The van der Waals surface area contributed by atoms with Gasteiger partial charge in [0.2, 0.25) is 11.8 Å². The number of hydrogen-bond acceptors (Lipinski definition) is 5. The van der Waals surface area contributed by atoms with E-state index in [4.69, 9.17) is 0 Å². The fraction of sp³-hybridized carbons (Fsp3) is 0.533. The van der Waals surface area contributed by atoms with Gasteiger partial charge in [-0.25, -0.2) is 8.42 Å². The SMILES string of the molecule is CCC(=O)N1CC(CN2CCC3(CC2)CCN(Cc2ccc(S(C)(=O)=O)cc2)C3=O)C(c2ccccc2)C1.Cl. The van der Waals surface area contributed by atoms with E-state index in [0.717, 1.165) is 64.1 Å². The smallest absolute Gasteiger partial charge is 0.229 e. The first-order valence-corrected chi connectivity index (χ1v) is 15.7. The number of piperidine rings is 1. The number of amides is 2. The second-order valence-electron chi connectivity index (χ2n) is 11.4. The monoisotopic (exact) mass is 573 g/mol. The van der Waals surface area contributed by atoms with Crippen molar-refractivity contribution in [2.45, 2.75) is 50.0 Å². The van der Waals surface area contributed by atoms with Crippen LogP contribution in [-0.4, -0.2) is 80.5 Å². The molecule has 1 spiro atoms. The van der Waals surface area contributed by atoms with Gasteiger partial charge in [0.25, 0.3) is 0 Å². The second-order valence-corrected chi connectivity index (χ2v) is 13.4. The van der Waals surface area contributed by atoms with Crippen molar-refractivity contribution in [3.8, 4) is 0 Å². The zero-order valence-corrected chi connectivity index (χ0v) is 24.6. The van der Waals surface area contributed by atoms with Crippen molar-refractivity contribution < 1.29 is 18.0 Å². The second kappa shape index (κ2) is 12.0. The summed E-state index contributed by atoms with van der Waals surface area (Å²) in [6.07, 6.45) is 4.37. The number of likely N-dealkylation sites (tertiary alicyclic amines) is 3. The van der Waals surface area contributed by atoms with Crippen molar-refractivity contribution in [1.82, 2.24) is 14.7 Å². The predicted octanol–water partition coefficient (Wildman–Crippen LogP) is 3.98. The fourth-order valence-corrected chi connectivity index (χ4v) is 7.26. The largest absolute Gasteiger partial charge is 0.342 e. The maximum atomic E-state index is 13.5. The van der Waals surface area contributed by atoms with Crippen LogP contribution < -0.4 is 0 Å². The molecular weight excluding hydrogens is 534 g/mol. The minimum Gasteiger partial charge on any atom is -0.342 e. The first-order valence-electron chi connectivity index (χ1n) is 13.8. The molecule has 3 heterocycles. The van der Waals surface area contributed by atoms with Crippen LogP contribution in [0, 0.1) is 11.3 Å². The lowest BCUT2D eigenvalue weighted by molar-refractivity contribution is -0.139. The maximum absolute atomic E-state index is 13.5. The Morgan fingerprint density at radius 1 is 0.949 bits per heavy atom. The van der Waals surface area contributed by atoms with Crippen LogP contribution >= 0.6 is 12.4 Å². The number of nitrogens with zero attached hydrogens (tertiary/aromatic N) is 3. The molecule has 9 heteroatoms. The van der Waals surface area contributed by atoms with Gasteiger partial charge in [0.05, 0.1) is 10.3 Å². The number of benzene rings is 2.